The fourth-order valence-corrected chi connectivity index (χ4v) is 3.93. The minimum atomic E-state index is -0.609. The van der Waals surface area contributed by atoms with Crippen LogP contribution in [0.4, 0.5) is 10.1 Å². The van der Waals surface area contributed by atoms with E-state index in [1.165, 1.54) is 17.7 Å². The van der Waals surface area contributed by atoms with Gasteiger partial charge in [-0.1, -0.05) is 50.3 Å². The summed E-state index contributed by atoms with van der Waals surface area (Å²) in [6.45, 7) is 4.63. The maximum absolute atomic E-state index is 13.1. The highest BCUT2D eigenvalue weighted by Gasteiger charge is 2.59. The van der Waals surface area contributed by atoms with E-state index >= 15 is 0 Å². The zero-order chi connectivity index (χ0) is 16.9. The van der Waals surface area contributed by atoms with Gasteiger partial charge in [0.05, 0.1) is 6.54 Å². The Bertz CT molecular complexity index is 841. The van der Waals surface area contributed by atoms with Gasteiger partial charge in [0.2, 0.25) is 5.91 Å². The third kappa shape index (κ3) is 1.92. The van der Waals surface area contributed by atoms with Gasteiger partial charge in [-0.05, 0) is 35.4 Å². The monoisotopic (exact) mass is 322 g/mol. The molecule has 2 aromatic rings. The number of para-hydroxylation sites is 1. The molecule has 2 heterocycles. The lowest BCUT2D eigenvalue weighted by Crippen LogP contribution is -2.58. The molecule has 122 valence electrons. The Kier molecular flexibility index (Phi) is 3.07. The number of nitrogens with one attached hydrogen (secondary N) is 1. The lowest BCUT2D eigenvalue weighted by molar-refractivity contribution is -0.118. The average Bonchev–Trinajstić information content (AvgIpc) is 2.99. The van der Waals surface area contributed by atoms with Crippen molar-refractivity contribution in [3.8, 4) is 0 Å². The zero-order valence-corrected chi connectivity index (χ0v) is 13.7. The Morgan fingerprint density at radius 1 is 1.12 bits per heavy atom. The molecule has 1 amide bonds. The van der Waals surface area contributed by atoms with Crippen LogP contribution in [0.25, 0.3) is 6.08 Å². The molecule has 3 nitrogen and oxygen atoms in total. The van der Waals surface area contributed by atoms with Gasteiger partial charge in [-0.3, -0.25) is 4.79 Å². The first-order valence-electron chi connectivity index (χ1n) is 8.07. The molecule has 0 radical (unpaired) electrons. The Labute approximate surface area is 140 Å². The summed E-state index contributed by atoms with van der Waals surface area (Å²) >= 11 is 0. The molecule has 1 atom stereocenters. The molecule has 1 N–H and O–H groups in total. The molecule has 24 heavy (non-hydrogen) atoms. The van der Waals surface area contributed by atoms with Gasteiger partial charge in [0.15, 0.2) is 0 Å². The minimum absolute atomic E-state index is 0.0151. The molecule has 2 aromatic carbocycles. The van der Waals surface area contributed by atoms with Crippen molar-refractivity contribution in [1.29, 1.82) is 0 Å². The van der Waals surface area contributed by atoms with Crippen molar-refractivity contribution < 1.29 is 9.18 Å². The second-order valence-electron chi connectivity index (χ2n) is 6.93. The van der Waals surface area contributed by atoms with E-state index in [1.807, 2.05) is 24.3 Å². The molecule has 0 spiro atoms. The number of anilines is 1. The van der Waals surface area contributed by atoms with E-state index in [4.69, 9.17) is 0 Å². The maximum atomic E-state index is 13.1. The minimum Gasteiger partial charge on any atom is -0.335 e. The molecule has 2 aliphatic rings. The first-order chi connectivity index (χ1) is 11.4. The third-order valence-electron chi connectivity index (χ3n) is 5.27. The highest BCUT2D eigenvalue weighted by molar-refractivity contribution is 5.91. The summed E-state index contributed by atoms with van der Waals surface area (Å²) in [6.07, 6.45) is 3.98. The van der Waals surface area contributed by atoms with Crippen molar-refractivity contribution in [2.24, 2.45) is 0 Å². The van der Waals surface area contributed by atoms with Crippen LogP contribution in [0.5, 0.6) is 0 Å². The number of amides is 1. The van der Waals surface area contributed by atoms with Gasteiger partial charge >= 0.3 is 0 Å². The molecule has 0 aliphatic carbocycles. The molecule has 1 fully saturated rings. The fourth-order valence-electron chi connectivity index (χ4n) is 3.93. The van der Waals surface area contributed by atoms with E-state index in [1.54, 1.807) is 12.1 Å². The van der Waals surface area contributed by atoms with Gasteiger partial charge in [0, 0.05) is 11.1 Å². The Hall–Kier alpha value is -2.62. The first kappa shape index (κ1) is 14.9. The lowest BCUT2D eigenvalue weighted by atomic mass is 9.75. The Balaban J connectivity index is 1.82. The second kappa shape index (κ2) is 4.94. The summed E-state index contributed by atoms with van der Waals surface area (Å²) in [7, 11) is 0. The quantitative estimate of drug-likeness (QED) is 0.918. The predicted molar refractivity (Wildman–Crippen MR) is 93.1 cm³/mol. The third-order valence-corrected chi connectivity index (χ3v) is 5.27. The number of benzene rings is 2. The molecule has 0 unspecified atom stereocenters. The number of carbonyl (C=O) groups excluding carboxylic acids is 1. The number of fused-ring (bicyclic) bond motifs is 3. The van der Waals surface area contributed by atoms with Crippen molar-refractivity contribution in [1.82, 2.24) is 5.32 Å². The lowest BCUT2D eigenvalue weighted by Gasteiger charge is -2.40. The summed E-state index contributed by atoms with van der Waals surface area (Å²) < 4.78 is 13.1. The number of hydrogen-bond acceptors (Lipinski definition) is 2. The fraction of sp³-hybridized carbons (Fsp3) is 0.250. The molecule has 0 aromatic heterocycles. The number of carbonyl (C=O) groups is 1. The molecular formula is C20H19FN2O. The van der Waals surface area contributed by atoms with Crippen molar-refractivity contribution >= 4 is 17.7 Å². The van der Waals surface area contributed by atoms with Crippen LogP contribution in [0.15, 0.2) is 54.6 Å². The van der Waals surface area contributed by atoms with Gasteiger partial charge < -0.3 is 10.2 Å². The van der Waals surface area contributed by atoms with Crippen LogP contribution >= 0.6 is 0 Å². The molecule has 4 heteroatoms. The van der Waals surface area contributed by atoms with Crippen LogP contribution in [0, 0.1) is 5.82 Å². The summed E-state index contributed by atoms with van der Waals surface area (Å²) in [4.78, 5) is 14.3. The zero-order valence-electron chi connectivity index (χ0n) is 13.7. The van der Waals surface area contributed by atoms with Gasteiger partial charge in [-0.25, -0.2) is 4.39 Å². The Morgan fingerprint density at radius 3 is 2.58 bits per heavy atom. The van der Waals surface area contributed by atoms with Crippen LogP contribution in [0.3, 0.4) is 0 Å². The summed E-state index contributed by atoms with van der Waals surface area (Å²) in [5.74, 6) is -0.240. The molecule has 0 saturated carbocycles. The molecular weight excluding hydrogens is 303 g/mol. The van der Waals surface area contributed by atoms with E-state index in [0.29, 0.717) is 6.54 Å². The first-order valence-corrected chi connectivity index (χ1v) is 8.07. The largest absolute Gasteiger partial charge is 0.335 e. The van der Waals surface area contributed by atoms with Crippen LogP contribution in [-0.4, -0.2) is 18.1 Å². The molecule has 2 aliphatic heterocycles. The van der Waals surface area contributed by atoms with Crippen molar-refractivity contribution in [3.63, 3.8) is 0 Å². The van der Waals surface area contributed by atoms with Crippen LogP contribution in [0.1, 0.15) is 25.0 Å². The van der Waals surface area contributed by atoms with E-state index in [-0.39, 0.29) is 17.1 Å². The van der Waals surface area contributed by atoms with Crippen LogP contribution in [0.2, 0.25) is 0 Å². The number of halogens is 1. The van der Waals surface area contributed by atoms with Gasteiger partial charge in [-0.15, -0.1) is 0 Å². The summed E-state index contributed by atoms with van der Waals surface area (Å²) in [6, 6.07) is 14.6. The van der Waals surface area contributed by atoms with E-state index in [0.717, 1.165) is 11.3 Å². The summed E-state index contributed by atoms with van der Waals surface area (Å²) in [5.41, 5.74) is 2.31. The molecule has 0 bridgehead atoms. The van der Waals surface area contributed by atoms with Crippen molar-refractivity contribution in [3.05, 3.63) is 71.6 Å². The normalized spacial score (nSPS) is 24.1. The van der Waals surface area contributed by atoms with Crippen molar-refractivity contribution in [2.45, 2.75) is 24.9 Å². The topological polar surface area (TPSA) is 32.3 Å². The van der Waals surface area contributed by atoms with Crippen LogP contribution < -0.4 is 10.2 Å². The molecule has 4 rings (SSSR count). The van der Waals surface area contributed by atoms with E-state index < -0.39 is 5.66 Å². The predicted octanol–water partition coefficient (Wildman–Crippen LogP) is 3.46. The smallest absolute Gasteiger partial charge is 0.241 e. The summed E-state index contributed by atoms with van der Waals surface area (Å²) in [5, 5.41) is 3.17. The van der Waals surface area contributed by atoms with E-state index in [9.17, 15) is 9.18 Å². The second-order valence-corrected chi connectivity index (χ2v) is 6.93. The number of hydrogen-bond donors (Lipinski definition) is 1. The van der Waals surface area contributed by atoms with Crippen LogP contribution in [-0.2, 0) is 10.2 Å². The molecule has 1 saturated heterocycles. The van der Waals surface area contributed by atoms with Gasteiger partial charge in [0.1, 0.15) is 11.5 Å². The van der Waals surface area contributed by atoms with Gasteiger partial charge in [-0.2, -0.15) is 0 Å². The standard InChI is InChI=1S/C20H19FN2O/c1-19(2)16-5-3-4-6-17(16)23-13-18(24)22-20(19,23)12-11-14-7-9-15(21)10-8-14/h3-12H,13H2,1-2H3,(H,22,24)/b12-11+/t20-/m0/s1. The van der Waals surface area contributed by atoms with E-state index in [2.05, 4.69) is 36.2 Å². The maximum Gasteiger partial charge on any atom is 0.241 e. The SMILES string of the molecule is CC1(C)c2ccccc2N2CC(=O)N[C@@]21/C=C/c1ccc(F)cc1. The highest BCUT2D eigenvalue weighted by Crippen LogP contribution is 2.52. The Morgan fingerprint density at radius 2 is 1.83 bits per heavy atom. The highest BCUT2D eigenvalue weighted by atomic mass is 19.1. The van der Waals surface area contributed by atoms with Crippen molar-refractivity contribution in [2.75, 3.05) is 11.4 Å². The number of rotatable bonds is 2. The average molecular weight is 322 g/mol. The number of nitrogens with zero attached hydrogens (tertiary/aromatic N) is 1. The van der Waals surface area contributed by atoms with Gasteiger partial charge in [0.25, 0.3) is 0 Å².